The molecule has 0 bridgehead atoms. The van der Waals surface area contributed by atoms with Crippen LogP contribution in [0.1, 0.15) is 19.4 Å². The number of hydrogen-bond donors (Lipinski definition) is 0. The molecule has 0 aliphatic carbocycles. The standard InChI is InChI=1S/C23H22N4O4S/c1-3-30-21(28)19(22(29)31-4-2)32-23-24-20-18(25-26-23)16-12-8-9-13-17(16)27(20)14-15-10-6-5-7-11-15/h5-13,19H,3-4,14H2,1-2H3. The molecular formula is C23H22N4O4S. The molecule has 4 rings (SSSR count). The van der Waals surface area contributed by atoms with Crippen LogP contribution >= 0.6 is 11.8 Å². The summed E-state index contributed by atoms with van der Waals surface area (Å²) in [5.74, 6) is -1.38. The lowest BCUT2D eigenvalue weighted by Gasteiger charge is -2.13. The molecule has 0 atom stereocenters. The van der Waals surface area contributed by atoms with Crippen molar-refractivity contribution in [3.05, 3.63) is 60.2 Å². The lowest BCUT2D eigenvalue weighted by atomic mass is 10.2. The molecule has 9 heteroatoms. The van der Waals surface area contributed by atoms with E-state index in [1.165, 1.54) is 0 Å². The van der Waals surface area contributed by atoms with Crippen molar-refractivity contribution in [2.75, 3.05) is 13.2 Å². The van der Waals surface area contributed by atoms with Crippen LogP contribution in [0.4, 0.5) is 0 Å². The summed E-state index contributed by atoms with van der Waals surface area (Å²) in [5.41, 5.74) is 3.37. The molecular weight excluding hydrogens is 428 g/mol. The third kappa shape index (κ3) is 4.43. The normalized spacial score (nSPS) is 11.2. The Hall–Kier alpha value is -3.46. The van der Waals surface area contributed by atoms with Crippen LogP contribution in [0.15, 0.2) is 59.8 Å². The molecule has 164 valence electrons. The summed E-state index contributed by atoms with van der Waals surface area (Å²) < 4.78 is 12.1. The number of hydrogen-bond acceptors (Lipinski definition) is 8. The number of carbonyl (C=O) groups excluding carboxylic acids is 2. The highest BCUT2D eigenvalue weighted by Gasteiger charge is 2.32. The van der Waals surface area contributed by atoms with Gasteiger partial charge in [0.2, 0.25) is 10.4 Å². The number of para-hydroxylation sites is 1. The van der Waals surface area contributed by atoms with Crippen molar-refractivity contribution in [3.63, 3.8) is 0 Å². The van der Waals surface area contributed by atoms with Gasteiger partial charge in [-0.3, -0.25) is 9.59 Å². The zero-order valence-electron chi connectivity index (χ0n) is 17.7. The molecule has 0 amide bonds. The maximum absolute atomic E-state index is 12.4. The van der Waals surface area contributed by atoms with Gasteiger partial charge in [0.25, 0.3) is 0 Å². The van der Waals surface area contributed by atoms with Crippen LogP contribution < -0.4 is 0 Å². The second kappa shape index (κ2) is 9.78. The second-order valence-electron chi connectivity index (χ2n) is 6.86. The molecule has 0 spiro atoms. The third-order valence-electron chi connectivity index (χ3n) is 4.76. The summed E-state index contributed by atoms with van der Waals surface area (Å²) in [6.45, 7) is 4.25. The van der Waals surface area contributed by atoms with Crippen LogP contribution in [-0.2, 0) is 25.6 Å². The van der Waals surface area contributed by atoms with E-state index in [0.29, 0.717) is 17.7 Å². The number of rotatable bonds is 8. The minimum Gasteiger partial charge on any atom is -0.465 e. The van der Waals surface area contributed by atoms with Crippen molar-refractivity contribution >= 4 is 45.8 Å². The Bertz CT molecular complexity index is 1240. The molecule has 0 aliphatic heterocycles. The molecule has 2 aromatic carbocycles. The summed E-state index contributed by atoms with van der Waals surface area (Å²) >= 11 is 0.877. The largest absolute Gasteiger partial charge is 0.465 e. The molecule has 2 heterocycles. The lowest BCUT2D eigenvalue weighted by molar-refractivity contribution is -0.152. The quantitative estimate of drug-likeness (QED) is 0.228. The molecule has 0 unspecified atom stereocenters. The zero-order chi connectivity index (χ0) is 22.5. The number of thioether (sulfide) groups is 1. The predicted molar refractivity (Wildman–Crippen MR) is 121 cm³/mol. The summed E-state index contributed by atoms with van der Waals surface area (Å²) in [5, 5.41) is 8.46. The van der Waals surface area contributed by atoms with E-state index >= 15 is 0 Å². The van der Waals surface area contributed by atoms with E-state index in [1.54, 1.807) is 13.8 Å². The van der Waals surface area contributed by atoms with E-state index in [1.807, 2.05) is 54.6 Å². The lowest BCUT2D eigenvalue weighted by Crippen LogP contribution is -2.31. The second-order valence-corrected chi connectivity index (χ2v) is 7.93. The van der Waals surface area contributed by atoms with Crippen LogP contribution in [0, 0.1) is 0 Å². The number of carbonyl (C=O) groups is 2. The van der Waals surface area contributed by atoms with Crippen LogP contribution in [0.2, 0.25) is 0 Å². The maximum atomic E-state index is 12.4. The van der Waals surface area contributed by atoms with Gasteiger partial charge in [0, 0.05) is 11.9 Å². The molecule has 0 fully saturated rings. The van der Waals surface area contributed by atoms with E-state index < -0.39 is 17.2 Å². The van der Waals surface area contributed by atoms with Gasteiger partial charge in [0.1, 0.15) is 5.52 Å². The Morgan fingerprint density at radius 1 is 0.938 bits per heavy atom. The first-order valence-electron chi connectivity index (χ1n) is 10.3. The Morgan fingerprint density at radius 2 is 1.59 bits per heavy atom. The van der Waals surface area contributed by atoms with Crippen molar-refractivity contribution in [1.29, 1.82) is 0 Å². The highest BCUT2D eigenvalue weighted by atomic mass is 32.2. The van der Waals surface area contributed by atoms with Crippen LogP contribution in [-0.4, -0.2) is 50.2 Å². The van der Waals surface area contributed by atoms with Gasteiger partial charge in [-0.1, -0.05) is 60.3 Å². The Kier molecular flexibility index (Phi) is 6.65. The first-order chi connectivity index (χ1) is 15.6. The number of ether oxygens (including phenoxy) is 2. The average molecular weight is 451 g/mol. The van der Waals surface area contributed by atoms with Gasteiger partial charge in [-0.05, 0) is 25.5 Å². The number of benzene rings is 2. The molecule has 0 radical (unpaired) electrons. The molecule has 4 aromatic rings. The van der Waals surface area contributed by atoms with E-state index in [0.717, 1.165) is 28.2 Å². The van der Waals surface area contributed by atoms with E-state index in [9.17, 15) is 9.59 Å². The molecule has 0 saturated heterocycles. The van der Waals surface area contributed by atoms with Gasteiger partial charge in [-0.2, -0.15) is 0 Å². The number of esters is 2. The topological polar surface area (TPSA) is 96.2 Å². The Balaban J connectivity index is 1.77. The zero-order valence-corrected chi connectivity index (χ0v) is 18.5. The van der Waals surface area contributed by atoms with E-state index in [4.69, 9.17) is 9.47 Å². The Labute approximate surface area is 188 Å². The minimum absolute atomic E-state index is 0.152. The fourth-order valence-corrected chi connectivity index (χ4v) is 4.17. The van der Waals surface area contributed by atoms with Crippen molar-refractivity contribution in [1.82, 2.24) is 19.7 Å². The minimum atomic E-state index is -1.22. The fraction of sp³-hybridized carbons (Fsp3) is 0.261. The average Bonchev–Trinajstić information content (AvgIpc) is 3.11. The molecule has 8 nitrogen and oxygen atoms in total. The van der Waals surface area contributed by atoms with Crippen molar-refractivity contribution in [3.8, 4) is 0 Å². The SMILES string of the molecule is CCOC(=O)C(Sc1nnc2c3ccccc3n(Cc3ccccc3)c2n1)C(=O)OCC. The summed E-state index contributed by atoms with van der Waals surface area (Å²) in [4.78, 5) is 29.4. The van der Waals surface area contributed by atoms with Gasteiger partial charge < -0.3 is 14.0 Å². The first-order valence-corrected chi connectivity index (χ1v) is 11.2. The highest BCUT2D eigenvalue weighted by molar-refractivity contribution is 8.01. The molecule has 2 aromatic heterocycles. The number of aromatic nitrogens is 4. The summed E-state index contributed by atoms with van der Waals surface area (Å²) in [6, 6.07) is 17.9. The van der Waals surface area contributed by atoms with Gasteiger partial charge >= 0.3 is 11.9 Å². The van der Waals surface area contributed by atoms with Crippen LogP contribution in [0.3, 0.4) is 0 Å². The van der Waals surface area contributed by atoms with Crippen molar-refractivity contribution in [2.45, 2.75) is 30.8 Å². The van der Waals surface area contributed by atoms with Crippen LogP contribution in [0.25, 0.3) is 22.1 Å². The molecule has 0 saturated carbocycles. The predicted octanol–water partition coefficient (Wildman–Crippen LogP) is 3.61. The van der Waals surface area contributed by atoms with Gasteiger partial charge in [0.05, 0.1) is 18.7 Å². The molecule has 0 aliphatic rings. The first kappa shape index (κ1) is 21.8. The van der Waals surface area contributed by atoms with Crippen LogP contribution in [0.5, 0.6) is 0 Å². The number of fused-ring (bicyclic) bond motifs is 3. The highest BCUT2D eigenvalue weighted by Crippen LogP contribution is 2.29. The molecule has 32 heavy (non-hydrogen) atoms. The smallest absolute Gasteiger partial charge is 0.331 e. The van der Waals surface area contributed by atoms with E-state index in [-0.39, 0.29) is 18.4 Å². The number of nitrogens with zero attached hydrogens (tertiary/aromatic N) is 4. The fourth-order valence-electron chi connectivity index (χ4n) is 3.40. The molecule has 0 N–H and O–H groups in total. The van der Waals surface area contributed by atoms with Crippen molar-refractivity contribution in [2.24, 2.45) is 0 Å². The monoisotopic (exact) mass is 450 g/mol. The van der Waals surface area contributed by atoms with Gasteiger partial charge in [-0.15, -0.1) is 10.2 Å². The summed E-state index contributed by atoms with van der Waals surface area (Å²) in [6.07, 6.45) is 0. The van der Waals surface area contributed by atoms with Gasteiger partial charge in [-0.25, -0.2) is 4.98 Å². The third-order valence-corrected chi connectivity index (χ3v) is 5.77. The van der Waals surface area contributed by atoms with Gasteiger partial charge in [0.15, 0.2) is 5.65 Å². The van der Waals surface area contributed by atoms with Crippen molar-refractivity contribution < 1.29 is 19.1 Å². The summed E-state index contributed by atoms with van der Waals surface area (Å²) in [7, 11) is 0. The maximum Gasteiger partial charge on any atom is 0.331 e. The van der Waals surface area contributed by atoms with E-state index in [2.05, 4.69) is 19.7 Å². The Morgan fingerprint density at radius 3 is 2.28 bits per heavy atom.